The molecule has 100 valence electrons. The monoisotopic (exact) mass is 240 g/mol. The van der Waals surface area contributed by atoms with Gasteiger partial charge in [0.05, 0.1) is 0 Å². The quantitative estimate of drug-likeness (QED) is 0.741. The molecule has 3 N–H and O–H groups in total. The van der Waals surface area contributed by atoms with Gasteiger partial charge in [-0.05, 0) is 50.4 Å². The molecule has 3 atom stereocenters. The van der Waals surface area contributed by atoms with Gasteiger partial charge >= 0.3 is 0 Å². The molecule has 0 aromatic rings. The van der Waals surface area contributed by atoms with Gasteiger partial charge in [-0.2, -0.15) is 0 Å². The Labute approximate surface area is 105 Å². The zero-order valence-electron chi connectivity index (χ0n) is 11.1. The molecular formula is C14H28N2O. The molecule has 0 aromatic carbocycles. The second-order valence-corrected chi connectivity index (χ2v) is 5.99. The van der Waals surface area contributed by atoms with Crippen molar-refractivity contribution in [2.75, 3.05) is 19.7 Å². The van der Waals surface area contributed by atoms with Crippen molar-refractivity contribution in [3.63, 3.8) is 0 Å². The van der Waals surface area contributed by atoms with Gasteiger partial charge in [0.2, 0.25) is 0 Å². The van der Waals surface area contributed by atoms with Crippen LogP contribution in [0.1, 0.15) is 45.4 Å². The Morgan fingerprint density at radius 2 is 2.12 bits per heavy atom. The third-order valence-electron chi connectivity index (χ3n) is 4.42. The second kappa shape index (κ2) is 6.17. The van der Waals surface area contributed by atoms with E-state index in [1.54, 1.807) is 0 Å². The molecule has 1 saturated heterocycles. The molecule has 1 aliphatic heterocycles. The van der Waals surface area contributed by atoms with Gasteiger partial charge in [0, 0.05) is 31.8 Å². The van der Waals surface area contributed by atoms with Crippen LogP contribution < -0.4 is 5.73 Å². The van der Waals surface area contributed by atoms with E-state index in [-0.39, 0.29) is 0 Å². The van der Waals surface area contributed by atoms with Crippen LogP contribution in [0.5, 0.6) is 0 Å². The SMILES string of the molecule is CCC(C1CC1)N1CC(N)CC(CCCO)C1. The van der Waals surface area contributed by atoms with E-state index in [4.69, 9.17) is 10.8 Å². The summed E-state index contributed by atoms with van der Waals surface area (Å²) in [7, 11) is 0. The first-order valence-corrected chi connectivity index (χ1v) is 7.35. The molecule has 0 spiro atoms. The number of nitrogens with two attached hydrogens (primary N) is 1. The van der Waals surface area contributed by atoms with E-state index < -0.39 is 0 Å². The van der Waals surface area contributed by atoms with Crippen LogP contribution in [-0.2, 0) is 0 Å². The van der Waals surface area contributed by atoms with Gasteiger partial charge in [0.25, 0.3) is 0 Å². The van der Waals surface area contributed by atoms with E-state index in [0.717, 1.165) is 37.8 Å². The number of likely N-dealkylation sites (tertiary alicyclic amines) is 1. The average molecular weight is 240 g/mol. The Kier molecular flexibility index (Phi) is 4.83. The minimum atomic E-state index is 0.325. The molecule has 0 radical (unpaired) electrons. The highest BCUT2D eigenvalue weighted by Gasteiger charge is 2.37. The van der Waals surface area contributed by atoms with Crippen LogP contribution in [-0.4, -0.2) is 41.8 Å². The van der Waals surface area contributed by atoms with Gasteiger partial charge in [-0.25, -0.2) is 0 Å². The molecule has 1 aliphatic carbocycles. The minimum Gasteiger partial charge on any atom is -0.396 e. The fraction of sp³-hybridized carbons (Fsp3) is 1.00. The van der Waals surface area contributed by atoms with Crippen LogP contribution in [0.2, 0.25) is 0 Å². The number of nitrogens with zero attached hydrogens (tertiary/aromatic N) is 1. The van der Waals surface area contributed by atoms with Gasteiger partial charge in [-0.3, -0.25) is 4.90 Å². The molecule has 1 saturated carbocycles. The zero-order chi connectivity index (χ0) is 12.3. The molecule has 17 heavy (non-hydrogen) atoms. The van der Waals surface area contributed by atoms with Crippen LogP contribution in [0.15, 0.2) is 0 Å². The van der Waals surface area contributed by atoms with E-state index in [1.807, 2.05) is 0 Å². The van der Waals surface area contributed by atoms with Gasteiger partial charge in [-0.15, -0.1) is 0 Å². The first-order chi connectivity index (χ1) is 8.24. The van der Waals surface area contributed by atoms with Gasteiger partial charge in [0.15, 0.2) is 0 Å². The van der Waals surface area contributed by atoms with Crippen molar-refractivity contribution in [1.29, 1.82) is 0 Å². The second-order valence-electron chi connectivity index (χ2n) is 5.99. The molecule has 2 fully saturated rings. The van der Waals surface area contributed by atoms with Crippen LogP contribution in [0.3, 0.4) is 0 Å². The number of hydrogen-bond acceptors (Lipinski definition) is 3. The molecule has 0 bridgehead atoms. The van der Waals surface area contributed by atoms with E-state index in [9.17, 15) is 0 Å². The topological polar surface area (TPSA) is 49.5 Å². The van der Waals surface area contributed by atoms with Crippen molar-refractivity contribution in [1.82, 2.24) is 4.90 Å². The molecule has 0 aromatic heterocycles. The summed E-state index contributed by atoms with van der Waals surface area (Å²) in [4.78, 5) is 2.65. The third kappa shape index (κ3) is 3.67. The Morgan fingerprint density at radius 1 is 1.35 bits per heavy atom. The summed E-state index contributed by atoms with van der Waals surface area (Å²) < 4.78 is 0. The average Bonchev–Trinajstić information content (AvgIpc) is 3.11. The maximum atomic E-state index is 8.94. The van der Waals surface area contributed by atoms with Crippen LogP contribution in [0, 0.1) is 11.8 Å². The Balaban J connectivity index is 1.87. The van der Waals surface area contributed by atoms with Crippen molar-refractivity contribution in [2.24, 2.45) is 17.6 Å². The summed E-state index contributed by atoms with van der Waals surface area (Å²) >= 11 is 0. The zero-order valence-corrected chi connectivity index (χ0v) is 11.1. The van der Waals surface area contributed by atoms with Crippen molar-refractivity contribution >= 4 is 0 Å². The summed E-state index contributed by atoms with van der Waals surface area (Å²) in [5, 5.41) is 8.94. The molecule has 0 amide bonds. The van der Waals surface area contributed by atoms with E-state index in [1.165, 1.54) is 25.8 Å². The third-order valence-corrected chi connectivity index (χ3v) is 4.42. The summed E-state index contributed by atoms with van der Waals surface area (Å²) in [5.41, 5.74) is 6.20. The highest BCUT2D eigenvalue weighted by molar-refractivity contribution is 4.92. The summed E-state index contributed by atoms with van der Waals surface area (Å²) in [5.74, 6) is 1.66. The number of aliphatic hydroxyl groups is 1. The predicted octanol–water partition coefficient (Wildman–Crippen LogP) is 1.60. The first kappa shape index (κ1) is 13.3. The van der Waals surface area contributed by atoms with E-state index >= 15 is 0 Å². The lowest BCUT2D eigenvalue weighted by molar-refractivity contribution is 0.0878. The first-order valence-electron chi connectivity index (χ1n) is 7.35. The maximum Gasteiger partial charge on any atom is 0.0431 e. The highest BCUT2D eigenvalue weighted by atomic mass is 16.2. The molecule has 2 rings (SSSR count). The summed E-state index contributed by atoms with van der Waals surface area (Å²) in [6, 6.07) is 1.12. The number of hydrogen-bond donors (Lipinski definition) is 2. The normalized spacial score (nSPS) is 32.6. The number of piperidine rings is 1. The minimum absolute atomic E-state index is 0.325. The Morgan fingerprint density at radius 3 is 2.71 bits per heavy atom. The lowest BCUT2D eigenvalue weighted by Gasteiger charge is -2.41. The van der Waals surface area contributed by atoms with Gasteiger partial charge < -0.3 is 10.8 Å². The molecule has 3 nitrogen and oxygen atoms in total. The van der Waals surface area contributed by atoms with Crippen molar-refractivity contribution in [3.8, 4) is 0 Å². The predicted molar refractivity (Wildman–Crippen MR) is 70.8 cm³/mol. The smallest absolute Gasteiger partial charge is 0.0431 e. The molecular weight excluding hydrogens is 212 g/mol. The Hall–Kier alpha value is -0.120. The molecule has 2 aliphatic rings. The van der Waals surface area contributed by atoms with Gasteiger partial charge in [-0.1, -0.05) is 6.92 Å². The molecule has 3 heteroatoms. The number of aliphatic hydroxyl groups excluding tert-OH is 1. The molecule has 3 unspecified atom stereocenters. The Bertz CT molecular complexity index is 230. The van der Waals surface area contributed by atoms with Crippen LogP contribution in [0.25, 0.3) is 0 Å². The summed E-state index contributed by atoms with van der Waals surface area (Å²) in [6.45, 7) is 4.94. The lowest BCUT2D eigenvalue weighted by atomic mass is 9.89. The van der Waals surface area contributed by atoms with E-state index in [0.29, 0.717) is 18.6 Å². The highest BCUT2D eigenvalue weighted by Crippen LogP contribution is 2.38. The van der Waals surface area contributed by atoms with Crippen LogP contribution in [0.4, 0.5) is 0 Å². The fourth-order valence-corrected chi connectivity index (χ4v) is 3.52. The summed E-state index contributed by atoms with van der Waals surface area (Å²) in [6.07, 6.45) is 7.34. The van der Waals surface area contributed by atoms with Crippen molar-refractivity contribution in [3.05, 3.63) is 0 Å². The fourth-order valence-electron chi connectivity index (χ4n) is 3.52. The maximum absolute atomic E-state index is 8.94. The number of rotatable bonds is 6. The van der Waals surface area contributed by atoms with Gasteiger partial charge in [0.1, 0.15) is 0 Å². The van der Waals surface area contributed by atoms with Crippen molar-refractivity contribution in [2.45, 2.75) is 57.5 Å². The van der Waals surface area contributed by atoms with Crippen LogP contribution >= 0.6 is 0 Å². The molecule has 1 heterocycles. The van der Waals surface area contributed by atoms with E-state index in [2.05, 4.69) is 11.8 Å². The lowest BCUT2D eigenvalue weighted by Crippen LogP contribution is -2.51. The van der Waals surface area contributed by atoms with Crippen molar-refractivity contribution < 1.29 is 5.11 Å². The standard InChI is InChI=1S/C14H28N2O/c1-2-14(12-5-6-12)16-9-11(4-3-7-17)8-13(15)10-16/h11-14,17H,2-10,15H2,1H3. The largest absolute Gasteiger partial charge is 0.396 e.